The van der Waals surface area contributed by atoms with Gasteiger partial charge < -0.3 is 19.9 Å². The molecule has 0 aromatic heterocycles. The lowest BCUT2D eigenvalue weighted by molar-refractivity contribution is -0.141. The minimum absolute atomic E-state index is 0.0455. The monoisotopic (exact) mass is 327 g/mol. The molecule has 1 heterocycles. The Balaban J connectivity index is 2.50. The van der Waals surface area contributed by atoms with E-state index in [1.807, 2.05) is 6.07 Å². The summed E-state index contributed by atoms with van der Waals surface area (Å²) in [6, 6.07) is 1.86. The highest BCUT2D eigenvalue weighted by atomic mass is 35.5. The van der Waals surface area contributed by atoms with Gasteiger partial charge in [0, 0.05) is 12.6 Å². The molecular formula is C16H22ClNO4. The van der Waals surface area contributed by atoms with Crippen LogP contribution in [0.3, 0.4) is 0 Å². The Kier molecular flexibility index (Phi) is 5.19. The largest absolute Gasteiger partial charge is 0.493 e. The summed E-state index contributed by atoms with van der Waals surface area (Å²) in [4.78, 5) is 11.2. The molecule has 2 atom stereocenters. The highest BCUT2D eigenvalue weighted by molar-refractivity contribution is 6.33. The highest BCUT2D eigenvalue weighted by Gasteiger charge is 2.33. The van der Waals surface area contributed by atoms with Gasteiger partial charge in [0.05, 0.1) is 25.2 Å². The van der Waals surface area contributed by atoms with E-state index in [1.165, 1.54) is 0 Å². The first-order chi connectivity index (χ1) is 10.4. The number of nitrogens with one attached hydrogen (secondary N) is 1. The second-order valence-corrected chi connectivity index (χ2v) is 6.19. The lowest BCUT2D eigenvalue weighted by Gasteiger charge is -2.23. The van der Waals surface area contributed by atoms with Gasteiger partial charge in [-0.1, -0.05) is 25.4 Å². The van der Waals surface area contributed by atoms with Crippen molar-refractivity contribution in [3.8, 4) is 11.5 Å². The van der Waals surface area contributed by atoms with Crippen molar-refractivity contribution in [1.82, 2.24) is 5.32 Å². The van der Waals surface area contributed by atoms with Crippen LogP contribution in [0, 0.1) is 5.92 Å². The van der Waals surface area contributed by atoms with Crippen molar-refractivity contribution >= 4 is 17.6 Å². The molecule has 0 bridgehead atoms. The molecule has 2 rings (SSSR count). The zero-order valence-corrected chi connectivity index (χ0v) is 14.0. The van der Waals surface area contributed by atoms with E-state index in [2.05, 4.69) is 19.2 Å². The van der Waals surface area contributed by atoms with Gasteiger partial charge in [-0.05, 0) is 29.5 Å². The van der Waals surface area contributed by atoms with Crippen molar-refractivity contribution in [2.24, 2.45) is 5.92 Å². The number of hydrogen-bond acceptors (Lipinski definition) is 4. The van der Waals surface area contributed by atoms with Crippen LogP contribution in [0.1, 0.15) is 43.4 Å². The lowest BCUT2D eigenvalue weighted by atomic mass is 9.90. The fraction of sp³-hybridized carbons (Fsp3) is 0.562. The summed E-state index contributed by atoms with van der Waals surface area (Å²) >= 11 is 6.52. The third kappa shape index (κ3) is 3.01. The number of methoxy groups -OCH3 is 2. The number of halogens is 1. The van der Waals surface area contributed by atoms with E-state index in [-0.39, 0.29) is 17.9 Å². The predicted octanol–water partition coefficient (Wildman–Crippen LogP) is 3.22. The number of carboxylic acids is 1. The Morgan fingerprint density at radius 1 is 1.41 bits per heavy atom. The van der Waals surface area contributed by atoms with Gasteiger partial charge in [0.15, 0.2) is 11.5 Å². The molecule has 0 saturated carbocycles. The van der Waals surface area contributed by atoms with Gasteiger partial charge in [0.25, 0.3) is 0 Å². The summed E-state index contributed by atoms with van der Waals surface area (Å²) in [5.41, 5.74) is 1.96. The maximum atomic E-state index is 11.2. The first-order valence-electron chi connectivity index (χ1n) is 7.31. The van der Waals surface area contributed by atoms with E-state index >= 15 is 0 Å². The van der Waals surface area contributed by atoms with Gasteiger partial charge in [0.1, 0.15) is 0 Å². The van der Waals surface area contributed by atoms with Crippen molar-refractivity contribution in [2.45, 2.75) is 32.2 Å². The van der Waals surface area contributed by atoms with Gasteiger partial charge in [0.2, 0.25) is 0 Å². The number of ether oxygens (including phenoxy) is 2. The summed E-state index contributed by atoms with van der Waals surface area (Å²) in [5.74, 6) is 0.120. The van der Waals surface area contributed by atoms with E-state index in [0.717, 1.165) is 11.1 Å². The van der Waals surface area contributed by atoms with Crippen LogP contribution >= 0.6 is 11.6 Å². The third-order valence-corrected chi connectivity index (χ3v) is 4.49. The normalized spacial score (nSPS) is 21.2. The number of benzene rings is 1. The molecule has 6 heteroatoms. The molecule has 2 N–H and O–H groups in total. The SMILES string of the molecule is COc1cc(C2CC(C(=O)O)CN2)c(C(C)C)c(Cl)c1OC. The number of carbonyl (C=O) groups is 1. The summed E-state index contributed by atoms with van der Waals surface area (Å²) in [6.45, 7) is 4.57. The molecule has 2 unspecified atom stereocenters. The third-order valence-electron chi connectivity index (χ3n) is 4.11. The van der Waals surface area contributed by atoms with Gasteiger partial charge >= 0.3 is 5.97 Å². The second-order valence-electron chi connectivity index (χ2n) is 5.82. The molecule has 1 aromatic rings. The fourth-order valence-corrected chi connectivity index (χ4v) is 3.52. The Labute approximate surface area is 135 Å². The Hall–Kier alpha value is -1.46. The molecule has 1 fully saturated rings. The summed E-state index contributed by atoms with van der Waals surface area (Å²) in [5, 5.41) is 13.0. The quantitative estimate of drug-likeness (QED) is 0.869. The zero-order valence-electron chi connectivity index (χ0n) is 13.3. The van der Waals surface area contributed by atoms with Crippen LogP contribution in [0.4, 0.5) is 0 Å². The molecule has 122 valence electrons. The average molecular weight is 328 g/mol. The summed E-state index contributed by atoms with van der Waals surface area (Å²) < 4.78 is 10.7. The van der Waals surface area contributed by atoms with Crippen LogP contribution in [0.5, 0.6) is 11.5 Å². The minimum atomic E-state index is -0.771. The van der Waals surface area contributed by atoms with E-state index in [1.54, 1.807) is 14.2 Å². The van der Waals surface area contributed by atoms with Crippen LogP contribution in [0.25, 0.3) is 0 Å². The molecule has 1 aliphatic heterocycles. The standard InChI is InChI=1S/C16H22ClNO4/c1-8(2)13-10(11-5-9(7-18-11)16(19)20)6-12(21-3)15(22-4)14(13)17/h6,8-9,11,18H,5,7H2,1-4H3,(H,19,20). The van der Waals surface area contributed by atoms with Crippen LogP contribution in [0.15, 0.2) is 6.07 Å². The number of aliphatic carboxylic acids is 1. The average Bonchev–Trinajstić information content (AvgIpc) is 2.95. The Bertz CT molecular complexity index is 574. The second kappa shape index (κ2) is 6.75. The molecule has 1 aromatic carbocycles. The molecule has 0 aliphatic carbocycles. The zero-order chi connectivity index (χ0) is 16.4. The topological polar surface area (TPSA) is 67.8 Å². The number of carboxylic acid groups (broad SMARTS) is 1. The van der Waals surface area contributed by atoms with Gasteiger partial charge in [-0.2, -0.15) is 0 Å². The Morgan fingerprint density at radius 3 is 2.55 bits per heavy atom. The van der Waals surface area contributed by atoms with Crippen LogP contribution in [-0.2, 0) is 4.79 Å². The number of rotatable bonds is 5. The lowest BCUT2D eigenvalue weighted by Crippen LogP contribution is -2.18. The van der Waals surface area contributed by atoms with Crippen LogP contribution in [0.2, 0.25) is 5.02 Å². The molecule has 0 amide bonds. The van der Waals surface area contributed by atoms with Crippen LogP contribution < -0.4 is 14.8 Å². The van der Waals surface area contributed by atoms with Crippen molar-refractivity contribution in [3.63, 3.8) is 0 Å². The van der Waals surface area contributed by atoms with Crippen molar-refractivity contribution < 1.29 is 19.4 Å². The van der Waals surface area contributed by atoms with E-state index in [9.17, 15) is 9.90 Å². The van der Waals surface area contributed by atoms with E-state index in [4.69, 9.17) is 21.1 Å². The molecule has 1 saturated heterocycles. The van der Waals surface area contributed by atoms with Gasteiger partial charge in [-0.3, -0.25) is 4.79 Å². The van der Waals surface area contributed by atoms with Gasteiger partial charge in [-0.25, -0.2) is 0 Å². The molecule has 5 nitrogen and oxygen atoms in total. The van der Waals surface area contributed by atoms with Crippen molar-refractivity contribution in [1.29, 1.82) is 0 Å². The van der Waals surface area contributed by atoms with E-state index in [0.29, 0.717) is 29.5 Å². The highest BCUT2D eigenvalue weighted by Crippen LogP contribution is 2.45. The predicted molar refractivity (Wildman–Crippen MR) is 85.1 cm³/mol. The minimum Gasteiger partial charge on any atom is -0.493 e. The first kappa shape index (κ1) is 16.9. The first-order valence-corrected chi connectivity index (χ1v) is 7.68. The van der Waals surface area contributed by atoms with Gasteiger partial charge in [-0.15, -0.1) is 0 Å². The number of hydrogen-bond donors (Lipinski definition) is 2. The van der Waals surface area contributed by atoms with Crippen molar-refractivity contribution in [3.05, 3.63) is 22.2 Å². The molecular weight excluding hydrogens is 306 g/mol. The summed E-state index contributed by atoms with van der Waals surface area (Å²) in [6.07, 6.45) is 0.543. The fourth-order valence-electron chi connectivity index (χ4n) is 3.02. The summed E-state index contributed by atoms with van der Waals surface area (Å²) in [7, 11) is 3.12. The van der Waals surface area contributed by atoms with Crippen LogP contribution in [-0.4, -0.2) is 31.8 Å². The van der Waals surface area contributed by atoms with Crippen molar-refractivity contribution in [2.75, 3.05) is 20.8 Å². The van der Waals surface area contributed by atoms with E-state index < -0.39 is 5.97 Å². The smallest absolute Gasteiger partial charge is 0.307 e. The molecule has 1 aliphatic rings. The molecule has 0 spiro atoms. The molecule has 0 radical (unpaired) electrons. The molecule has 22 heavy (non-hydrogen) atoms. The maximum Gasteiger partial charge on any atom is 0.307 e. The Morgan fingerprint density at radius 2 is 2.09 bits per heavy atom. The maximum absolute atomic E-state index is 11.2.